The highest BCUT2D eigenvalue weighted by atomic mass is 35.5. The van der Waals surface area contributed by atoms with Crippen LogP contribution in [0.4, 0.5) is 0 Å². The zero-order chi connectivity index (χ0) is 13.1. The van der Waals surface area contributed by atoms with Gasteiger partial charge in [-0.25, -0.2) is 0 Å². The van der Waals surface area contributed by atoms with E-state index in [2.05, 4.69) is 0 Å². The van der Waals surface area contributed by atoms with E-state index in [-0.39, 0.29) is 11.8 Å². The van der Waals surface area contributed by atoms with Crippen LogP contribution in [-0.4, -0.2) is 17.7 Å². The second kappa shape index (κ2) is 5.41. The molecule has 0 unspecified atom stereocenters. The molecule has 1 N–H and O–H groups in total. The number of hydrogen-bond acceptors (Lipinski definition) is 2. The summed E-state index contributed by atoms with van der Waals surface area (Å²) in [4.78, 5) is 10.7. The number of aryl methyl sites for hydroxylation is 1. The number of benzene rings is 1. The summed E-state index contributed by atoms with van der Waals surface area (Å²) in [5.41, 5.74) is 0.555. The lowest BCUT2D eigenvalue weighted by Crippen LogP contribution is -2.24. The van der Waals surface area contributed by atoms with Gasteiger partial charge in [-0.05, 0) is 30.7 Å². The van der Waals surface area contributed by atoms with Gasteiger partial charge in [-0.2, -0.15) is 0 Å². The van der Waals surface area contributed by atoms with Crippen LogP contribution in [0.1, 0.15) is 25.8 Å². The highest BCUT2D eigenvalue weighted by Gasteiger charge is 2.22. The van der Waals surface area contributed by atoms with Crippen molar-refractivity contribution in [3.8, 4) is 5.75 Å². The molecule has 4 heteroatoms. The number of carboxylic acid groups (broad SMARTS) is 1. The van der Waals surface area contributed by atoms with Gasteiger partial charge in [-0.3, -0.25) is 4.79 Å². The summed E-state index contributed by atoms with van der Waals surface area (Å²) in [5, 5.41) is 9.45. The predicted molar refractivity (Wildman–Crippen MR) is 67.7 cm³/mol. The van der Waals surface area contributed by atoms with Gasteiger partial charge in [-0.1, -0.05) is 25.4 Å². The van der Waals surface area contributed by atoms with Gasteiger partial charge >= 0.3 is 5.97 Å². The molecule has 0 atom stereocenters. The lowest BCUT2D eigenvalue weighted by molar-refractivity contribution is -0.139. The minimum Gasteiger partial charge on any atom is -0.493 e. The quantitative estimate of drug-likeness (QED) is 0.877. The molecule has 1 aromatic rings. The van der Waals surface area contributed by atoms with Crippen LogP contribution < -0.4 is 4.74 Å². The van der Waals surface area contributed by atoms with E-state index in [0.717, 1.165) is 5.56 Å². The number of carbonyl (C=O) groups is 1. The van der Waals surface area contributed by atoms with Crippen LogP contribution in [0.5, 0.6) is 5.75 Å². The summed E-state index contributed by atoms with van der Waals surface area (Å²) in [6.07, 6.45) is 0.0829. The molecule has 17 heavy (non-hydrogen) atoms. The standard InChI is InChI=1S/C13H17ClO3/c1-9-6-10(4-5-11(9)14)17-8-13(2,3)7-12(15)16/h4-6H,7-8H2,1-3H3,(H,15,16). The largest absolute Gasteiger partial charge is 0.493 e. The van der Waals surface area contributed by atoms with Crippen molar-refractivity contribution >= 4 is 17.6 Å². The number of carboxylic acids is 1. The fourth-order valence-corrected chi connectivity index (χ4v) is 1.56. The van der Waals surface area contributed by atoms with Gasteiger partial charge in [0.2, 0.25) is 0 Å². The summed E-state index contributed by atoms with van der Waals surface area (Å²) < 4.78 is 5.59. The summed E-state index contributed by atoms with van der Waals surface area (Å²) in [6.45, 7) is 5.99. The van der Waals surface area contributed by atoms with Gasteiger partial charge < -0.3 is 9.84 Å². The number of aliphatic carboxylic acids is 1. The SMILES string of the molecule is Cc1cc(OCC(C)(C)CC(=O)O)ccc1Cl. The number of halogens is 1. The van der Waals surface area contributed by atoms with Crippen LogP contribution >= 0.6 is 11.6 Å². The van der Waals surface area contributed by atoms with Crippen molar-refractivity contribution in [3.05, 3.63) is 28.8 Å². The van der Waals surface area contributed by atoms with Crippen LogP contribution in [0.15, 0.2) is 18.2 Å². The third-order valence-corrected chi connectivity index (χ3v) is 2.81. The molecular formula is C13H17ClO3. The van der Waals surface area contributed by atoms with Crippen molar-refractivity contribution in [3.63, 3.8) is 0 Å². The first-order valence-corrected chi connectivity index (χ1v) is 5.79. The van der Waals surface area contributed by atoms with Crippen LogP contribution in [0, 0.1) is 12.3 Å². The molecule has 0 spiro atoms. The number of rotatable bonds is 5. The fraction of sp³-hybridized carbons (Fsp3) is 0.462. The Bertz CT molecular complexity index is 413. The molecule has 0 saturated heterocycles. The first kappa shape index (κ1) is 13.8. The first-order chi connectivity index (χ1) is 7.80. The van der Waals surface area contributed by atoms with Gasteiger partial charge in [0, 0.05) is 10.4 Å². The number of ether oxygens (including phenoxy) is 1. The van der Waals surface area contributed by atoms with Crippen LogP contribution in [0.3, 0.4) is 0 Å². The molecule has 0 amide bonds. The molecule has 1 aromatic carbocycles. The molecule has 0 heterocycles. The van der Waals surface area contributed by atoms with E-state index < -0.39 is 5.97 Å². The maximum Gasteiger partial charge on any atom is 0.304 e. The molecule has 0 aliphatic rings. The Morgan fingerprint density at radius 2 is 2.12 bits per heavy atom. The van der Waals surface area contributed by atoms with Gasteiger partial charge in [-0.15, -0.1) is 0 Å². The lowest BCUT2D eigenvalue weighted by Gasteiger charge is -2.22. The van der Waals surface area contributed by atoms with Gasteiger partial charge in [0.05, 0.1) is 13.0 Å². The molecule has 3 nitrogen and oxygen atoms in total. The zero-order valence-electron chi connectivity index (χ0n) is 10.3. The third kappa shape index (κ3) is 4.65. The normalized spacial score (nSPS) is 11.3. The molecule has 1 rings (SSSR count). The van der Waals surface area contributed by atoms with Crippen molar-refractivity contribution in [2.24, 2.45) is 5.41 Å². The monoisotopic (exact) mass is 256 g/mol. The minimum atomic E-state index is -0.814. The Hall–Kier alpha value is -1.22. The van der Waals surface area contributed by atoms with Gasteiger partial charge in [0.1, 0.15) is 5.75 Å². The Kier molecular flexibility index (Phi) is 4.40. The van der Waals surface area contributed by atoms with Crippen molar-refractivity contribution in [1.29, 1.82) is 0 Å². The average Bonchev–Trinajstić information content (AvgIpc) is 2.18. The van der Waals surface area contributed by atoms with Gasteiger partial charge in [0.25, 0.3) is 0 Å². The molecule has 0 bridgehead atoms. The molecule has 0 radical (unpaired) electrons. The average molecular weight is 257 g/mol. The Morgan fingerprint density at radius 3 is 2.65 bits per heavy atom. The third-order valence-electron chi connectivity index (χ3n) is 2.39. The summed E-state index contributed by atoms with van der Waals surface area (Å²) in [7, 11) is 0. The van der Waals surface area contributed by atoms with E-state index in [1.165, 1.54) is 0 Å². The second-order valence-corrected chi connectivity index (χ2v) is 5.34. The first-order valence-electron chi connectivity index (χ1n) is 5.41. The molecule has 94 valence electrons. The van der Waals surface area contributed by atoms with Crippen molar-refractivity contribution in [2.45, 2.75) is 27.2 Å². The maximum absolute atomic E-state index is 10.7. The van der Waals surface area contributed by atoms with E-state index in [1.807, 2.05) is 26.8 Å². The van der Waals surface area contributed by atoms with E-state index in [9.17, 15) is 4.79 Å². The van der Waals surface area contributed by atoms with E-state index in [1.54, 1.807) is 12.1 Å². The Morgan fingerprint density at radius 1 is 1.47 bits per heavy atom. The summed E-state index contributed by atoms with van der Waals surface area (Å²) >= 11 is 5.91. The fourth-order valence-electron chi connectivity index (χ4n) is 1.45. The highest BCUT2D eigenvalue weighted by molar-refractivity contribution is 6.31. The predicted octanol–water partition coefficient (Wildman–Crippen LogP) is 3.53. The number of hydrogen-bond donors (Lipinski definition) is 1. The highest BCUT2D eigenvalue weighted by Crippen LogP contribution is 2.25. The van der Waals surface area contributed by atoms with Crippen molar-refractivity contribution < 1.29 is 14.6 Å². The summed E-state index contributed by atoms with van der Waals surface area (Å²) in [6, 6.07) is 5.40. The van der Waals surface area contributed by atoms with E-state index in [0.29, 0.717) is 17.4 Å². The lowest BCUT2D eigenvalue weighted by atomic mass is 9.91. The molecule has 0 aromatic heterocycles. The molecular weight excluding hydrogens is 240 g/mol. The topological polar surface area (TPSA) is 46.5 Å². The van der Waals surface area contributed by atoms with E-state index >= 15 is 0 Å². The smallest absolute Gasteiger partial charge is 0.304 e. The molecule has 0 aliphatic carbocycles. The Labute approximate surface area is 106 Å². The second-order valence-electron chi connectivity index (χ2n) is 4.93. The maximum atomic E-state index is 10.7. The van der Waals surface area contributed by atoms with Crippen LogP contribution in [-0.2, 0) is 4.79 Å². The minimum absolute atomic E-state index is 0.0829. The zero-order valence-corrected chi connectivity index (χ0v) is 11.0. The Balaban J connectivity index is 2.60. The van der Waals surface area contributed by atoms with E-state index in [4.69, 9.17) is 21.4 Å². The molecule has 0 fully saturated rings. The summed E-state index contributed by atoms with van der Waals surface area (Å²) in [5.74, 6) is -0.101. The van der Waals surface area contributed by atoms with Crippen LogP contribution in [0.2, 0.25) is 5.02 Å². The van der Waals surface area contributed by atoms with Gasteiger partial charge in [0.15, 0.2) is 0 Å². The van der Waals surface area contributed by atoms with Crippen molar-refractivity contribution in [2.75, 3.05) is 6.61 Å². The van der Waals surface area contributed by atoms with Crippen LogP contribution in [0.25, 0.3) is 0 Å². The molecule has 0 aliphatic heterocycles. The van der Waals surface area contributed by atoms with Crippen molar-refractivity contribution in [1.82, 2.24) is 0 Å². The molecule has 0 saturated carbocycles.